The number of aryl methyl sites for hydroxylation is 1. The van der Waals surface area contributed by atoms with Gasteiger partial charge >= 0.3 is 0 Å². The van der Waals surface area contributed by atoms with Crippen LogP contribution in [-0.4, -0.2) is 28.8 Å². The Morgan fingerprint density at radius 2 is 2.00 bits per heavy atom. The number of amides is 1. The summed E-state index contributed by atoms with van der Waals surface area (Å²) in [6, 6.07) is 9.85. The van der Waals surface area contributed by atoms with Gasteiger partial charge in [-0.3, -0.25) is 9.59 Å². The van der Waals surface area contributed by atoms with E-state index in [9.17, 15) is 9.59 Å². The maximum Gasteiger partial charge on any atom is 0.266 e. The molecular formula is C15H16ClN3O3. The first kappa shape index (κ1) is 16.0. The molecule has 6 nitrogen and oxygen atoms in total. The number of benzene rings is 1. The van der Waals surface area contributed by atoms with Gasteiger partial charge in [-0.25, -0.2) is 4.68 Å². The Kier molecular flexibility index (Phi) is 5.55. The van der Waals surface area contributed by atoms with Gasteiger partial charge in [-0.05, 0) is 37.3 Å². The maximum atomic E-state index is 11.7. The average Bonchev–Trinajstić information content (AvgIpc) is 2.50. The molecular weight excluding hydrogens is 306 g/mol. The molecule has 0 aliphatic carbocycles. The highest BCUT2D eigenvalue weighted by molar-refractivity contribution is 6.30. The number of ether oxygens (including phenoxy) is 1. The zero-order chi connectivity index (χ0) is 15.9. The molecule has 1 N–H and O–H groups in total. The predicted octanol–water partition coefficient (Wildman–Crippen LogP) is 1.40. The molecule has 1 amide bonds. The van der Waals surface area contributed by atoms with Crippen molar-refractivity contribution in [1.29, 1.82) is 0 Å². The zero-order valence-corrected chi connectivity index (χ0v) is 12.8. The van der Waals surface area contributed by atoms with E-state index in [-0.39, 0.29) is 18.1 Å². The Morgan fingerprint density at radius 1 is 1.27 bits per heavy atom. The van der Waals surface area contributed by atoms with E-state index in [2.05, 4.69) is 10.4 Å². The fraction of sp³-hybridized carbons (Fsp3) is 0.267. The third kappa shape index (κ3) is 4.89. The van der Waals surface area contributed by atoms with E-state index in [1.807, 2.05) is 0 Å². The summed E-state index contributed by atoms with van der Waals surface area (Å²) in [7, 11) is 0. The molecule has 0 aliphatic rings. The largest absolute Gasteiger partial charge is 0.484 e. The monoisotopic (exact) mass is 321 g/mol. The van der Waals surface area contributed by atoms with Crippen LogP contribution in [0.1, 0.15) is 5.69 Å². The van der Waals surface area contributed by atoms with Crippen molar-refractivity contribution in [2.75, 3.05) is 13.2 Å². The number of hydrogen-bond acceptors (Lipinski definition) is 4. The Hall–Kier alpha value is -2.34. The molecule has 7 heteroatoms. The van der Waals surface area contributed by atoms with Crippen LogP contribution in [0.4, 0.5) is 0 Å². The summed E-state index contributed by atoms with van der Waals surface area (Å²) in [5.74, 6) is 0.298. The van der Waals surface area contributed by atoms with Gasteiger partial charge in [0.05, 0.1) is 12.2 Å². The van der Waals surface area contributed by atoms with Crippen LogP contribution in [0.2, 0.25) is 5.02 Å². The van der Waals surface area contributed by atoms with Crippen LogP contribution in [0, 0.1) is 6.92 Å². The smallest absolute Gasteiger partial charge is 0.266 e. The Morgan fingerprint density at radius 3 is 2.73 bits per heavy atom. The molecule has 0 fully saturated rings. The number of hydrogen-bond donors (Lipinski definition) is 1. The van der Waals surface area contributed by atoms with E-state index in [4.69, 9.17) is 16.3 Å². The second-order valence-electron chi connectivity index (χ2n) is 4.63. The summed E-state index contributed by atoms with van der Waals surface area (Å²) < 4.78 is 6.63. The molecule has 2 aromatic rings. The molecule has 22 heavy (non-hydrogen) atoms. The molecule has 0 unspecified atom stereocenters. The number of aromatic nitrogens is 2. The molecule has 0 bridgehead atoms. The van der Waals surface area contributed by atoms with Crippen molar-refractivity contribution in [3.05, 3.63) is 57.5 Å². The Bertz CT molecular complexity index is 698. The van der Waals surface area contributed by atoms with Crippen LogP contribution in [0.3, 0.4) is 0 Å². The fourth-order valence-corrected chi connectivity index (χ4v) is 1.87. The number of nitrogens with zero attached hydrogens (tertiary/aromatic N) is 2. The molecule has 0 radical (unpaired) electrons. The van der Waals surface area contributed by atoms with Gasteiger partial charge in [0.25, 0.3) is 11.5 Å². The van der Waals surface area contributed by atoms with E-state index < -0.39 is 0 Å². The molecule has 0 saturated heterocycles. The summed E-state index contributed by atoms with van der Waals surface area (Å²) in [5, 5.41) is 7.35. The standard InChI is InChI=1S/C15H16ClN3O3/c1-11-2-7-15(21)19(18-11)9-8-17-14(20)10-22-13-5-3-12(16)4-6-13/h2-7H,8-10H2,1H3,(H,17,20). The number of nitrogens with one attached hydrogen (secondary N) is 1. The van der Waals surface area contributed by atoms with Crippen LogP contribution in [0.5, 0.6) is 5.75 Å². The molecule has 116 valence electrons. The van der Waals surface area contributed by atoms with E-state index in [1.165, 1.54) is 10.7 Å². The van der Waals surface area contributed by atoms with Gasteiger partial charge in [0.1, 0.15) is 5.75 Å². The van der Waals surface area contributed by atoms with Crippen molar-refractivity contribution in [2.24, 2.45) is 0 Å². The third-order valence-corrected chi connectivity index (χ3v) is 3.08. The van der Waals surface area contributed by atoms with Crippen molar-refractivity contribution in [1.82, 2.24) is 15.1 Å². The van der Waals surface area contributed by atoms with Crippen molar-refractivity contribution in [3.8, 4) is 5.75 Å². The molecule has 1 aromatic carbocycles. The highest BCUT2D eigenvalue weighted by Crippen LogP contribution is 2.15. The first-order valence-corrected chi connectivity index (χ1v) is 7.12. The normalized spacial score (nSPS) is 10.3. The minimum Gasteiger partial charge on any atom is -0.484 e. The highest BCUT2D eigenvalue weighted by Gasteiger charge is 2.03. The minimum absolute atomic E-state index is 0.0994. The Balaban J connectivity index is 1.75. The quantitative estimate of drug-likeness (QED) is 0.873. The Labute approximate surface area is 132 Å². The SMILES string of the molecule is Cc1ccc(=O)n(CCNC(=O)COc2ccc(Cl)cc2)n1. The zero-order valence-electron chi connectivity index (χ0n) is 12.1. The van der Waals surface area contributed by atoms with Gasteiger partial charge in [0.15, 0.2) is 6.61 Å². The van der Waals surface area contributed by atoms with E-state index in [1.54, 1.807) is 37.3 Å². The topological polar surface area (TPSA) is 73.2 Å². The fourth-order valence-electron chi connectivity index (χ4n) is 1.74. The lowest BCUT2D eigenvalue weighted by molar-refractivity contribution is -0.123. The second-order valence-corrected chi connectivity index (χ2v) is 5.07. The average molecular weight is 322 g/mol. The predicted molar refractivity (Wildman–Crippen MR) is 83.2 cm³/mol. The van der Waals surface area contributed by atoms with E-state index >= 15 is 0 Å². The second kappa shape index (κ2) is 7.61. The molecule has 1 aromatic heterocycles. The molecule has 0 saturated carbocycles. The van der Waals surface area contributed by atoms with E-state index in [0.717, 1.165) is 5.69 Å². The number of carbonyl (C=O) groups is 1. The highest BCUT2D eigenvalue weighted by atomic mass is 35.5. The molecule has 2 rings (SSSR count). The summed E-state index contributed by atoms with van der Waals surface area (Å²) in [6.45, 7) is 2.32. The van der Waals surface area contributed by atoms with Gasteiger partial charge < -0.3 is 10.1 Å². The summed E-state index contributed by atoms with van der Waals surface area (Å²) in [6.07, 6.45) is 0. The minimum atomic E-state index is -0.268. The number of rotatable bonds is 6. The van der Waals surface area contributed by atoms with Gasteiger partial charge in [-0.15, -0.1) is 0 Å². The lowest BCUT2D eigenvalue weighted by Crippen LogP contribution is -2.34. The maximum absolute atomic E-state index is 11.7. The van der Waals surface area contributed by atoms with Crippen LogP contribution in [0.25, 0.3) is 0 Å². The van der Waals surface area contributed by atoms with Crippen molar-refractivity contribution < 1.29 is 9.53 Å². The van der Waals surface area contributed by atoms with Crippen LogP contribution in [-0.2, 0) is 11.3 Å². The van der Waals surface area contributed by atoms with Crippen LogP contribution < -0.4 is 15.6 Å². The van der Waals surface area contributed by atoms with E-state index in [0.29, 0.717) is 23.9 Å². The first-order chi connectivity index (χ1) is 10.5. The van der Waals surface area contributed by atoms with Crippen LogP contribution >= 0.6 is 11.6 Å². The number of halogens is 1. The lowest BCUT2D eigenvalue weighted by Gasteiger charge is -2.08. The van der Waals surface area contributed by atoms with Gasteiger partial charge in [-0.1, -0.05) is 11.6 Å². The van der Waals surface area contributed by atoms with Gasteiger partial charge in [-0.2, -0.15) is 5.10 Å². The first-order valence-electron chi connectivity index (χ1n) is 6.74. The number of carbonyl (C=O) groups excluding carboxylic acids is 1. The van der Waals surface area contributed by atoms with Crippen molar-refractivity contribution in [3.63, 3.8) is 0 Å². The van der Waals surface area contributed by atoms with Gasteiger partial charge in [0, 0.05) is 17.6 Å². The summed E-state index contributed by atoms with van der Waals surface area (Å²) >= 11 is 5.76. The van der Waals surface area contributed by atoms with Crippen LogP contribution in [0.15, 0.2) is 41.2 Å². The molecule has 1 heterocycles. The summed E-state index contributed by atoms with van der Waals surface area (Å²) in [4.78, 5) is 23.2. The lowest BCUT2D eigenvalue weighted by atomic mass is 10.3. The van der Waals surface area contributed by atoms with Gasteiger partial charge in [0.2, 0.25) is 0 Å². The molecule has 0 atom stereocenters. The molecule has 0 aliphatic heterocycles. The van der Waals surface area contributed by atoms with Crippen molar-refractivity contribution in [2.45, 2.75) is 13.5 Å². The molecule has 0 spiro atoms. The van der Waals surface area contributed by atoms with Crippen molar-refractivity contribution >= 4 is 17.5 Å². The third-order valence-electron chi connectivity index (χ3n) is 2.83. The summed E-state index contributed by atoms with van der Waals surface area (Å²) in [5.41, 5.74) is 0.550.